The first-order valence-electron chi connectivity index (χ1n) is 8.67. The second-order valence-corrected chi connectivity index (χ2v) is 7.95. The van der Waals surface area contributed by atoms with Crippen molar-refractivity contribution >= 4 is 23.3 Å². The Labute approximate surface area is 154 Å². The summed E-state index contributed by atoms with van der Waals surface area (Å²) in [6.45, 7) is 6.05. The molecule has 25 heavy (non-hydrogen) atoms. The van der Waals surface area contributed by atoms with Gasteiger partial charge < -0.3 is 0 Å². The minimum absolute atomic E-state index is 0.0748. The molecule has 0 aromatic heterocycles. The van der Waals surface area contributed by atoms with E-state index in [1.807, 2.05) is 27.0 Å². The molecule has 130 valence electrons. The van der Waals surface area contributed by atoms with Gasteiger partial charge in [-0.05, 0) is 67.8 Å². The van der Waals surface area contributed by atoms with Crippen LogP contribution in [0.4, 0.5) is 0 Å². The molecule has 1 aliphatic carbocycles. The lowest BCUT2D eigenvalue weighted by Crippen LogP contribution is -2.18. The van der Waals surface area contributed by atoms with Crippen molar-refractivity contribution in [2.45, 2.75) is 44.4 Å². The van der Waals surface area contributed by atoms with Gasteiger partial charge in [-0.1, -0.05) is 29.8 Å². The summed E-state index contributed by atoms with van der Waals surface area (Å²) in [5.41, 5.74) is 5.33. The molecule has 3 rings (SSSR count). The van der Waals surface area contributed by atoms with Crippen molar-refractivity contribution in [3.63, 3.8) is 0 Å². The van der Waals surface area contributed by atoms with E-state index in [0.717, 1.165) is 22.3 Å². The van der Waals surface area contributed by atoms with Gasteiger partial charge in [-0.25, -0.2) is 0 Å². The van der Waals surface area contributed by atoms with Crippen LogP contribution in [0.5, 0.6) is 0 Å². The Balaban J connectivity index is 1.85. The summed E-state index contributed by atoms with van der Waals surface area (Å²) in [4.78, 5) is 26.9. The van der Waals surface area contributed by atoms with E-state index in [-0.39, 0.29) is 17.5 Å². The van der Waals surface area contributed by atoms with Gasteiger partial charge in [0.15, 0.2) is 5.78 Å². The van der Waals surface area contributed by atoms with Gasteiger partial charge >= 0.3 is 0 Å². The number of Topliss-reactive ketones (excluding diaryl/α,β-unsaturated/α-hetero) is 2. The maximum atomic E-state index is 13.0. The highest BCUT2D eigenvalue weighted by molar-refractivity contribution is 7.98. The molecule has 1 aliphatic rings. The summed E-state index contributed by atoms with van der Waals surface area (Å²) in [5.74, 6) is -0.603. The van der Waals surface area contributed by atoms with Gasteiger partial charge in [0.25, 0.3) is 0 Å². The zero-order valence-corrected chi connectivity index (χ0v) is 16.1. The highest BCUT2D eigenvalue weighted by atomic mass is 32.2. The number of ketones is 2. The highest BCUT2D eigenvalue weighted by Gasteiger charge is 2.42. The van der Waals surface area contributed by atoms with Gasteiger partial charge in [-0.15, -0.1) is 11.8 Å². The standard InChI is InChI=1S/C22H24O2S/c1-13-9-14(2)20(15(3)10-13)21-19(23)12-17(22(21)24)11-16-5-7-18(25-4)8-6-16/h5-10,17,21H,11-12H2,1-4H3. The summed E-state index contributed by atoms with van der Waals surface area (Å²) < 4.78 is 0. The van der Waals surface area contributed by atoms with Crippen LogP contribution in [-0.2, 0) is 16.0 Å². The Morgan fingerprint density at radius 2 is 1.60 bits per heavy atom. The molecule has 2 aromatic carbocycles. The molecule has 1 fully saturated rings. The van der Waals surface area contributed by atoms with E-state index in [0.29, 0.717) is 12.8 Å². The summed E-state index contributed by atoms with van der Waals surface area (Å²) in [6, 6.07) is 12.4. The second-order valence-electron chi connectivity index (χ2n) is 7.07. The van der Waals surface area contributed by atoms with Crippen LogP contribution >= 0.6 is 11.8 Å². The van der Waals surface area contributed by atoms with E-state index < -0.39 is 5.92 Å². The number of carbonyl (C=O) groups excluding carboxylic acids is 2. The first-order chi connectivity index (χ1) is 11.9. The van der Waals surface area contributed by atoms with Gasteiger partial charge in [-0.3, -0.25) is 9.59 Å². The van der Waals surface area contributed by atoms with Crippen LogP contribution in [-0.4, -0.2) is 17.8 Å². The van der Waals surface area contributed by atoms with Gasteiger partial charge in [-0.2, -0.15) is 0 Å². The zero-order chi connectivity index (χ0) is 18.1. The third-order valence-electron chi connectivity index (χ3n) is 5.12. The monoisotopic (exact) mass is 352 g/mol. The second kappa shape index (κ2) is 7.17. The van der Waals surface area contributed by atoms with Crippen molar-refractivity contribution in [3.05, 3.63) is 64.2 Å². The highest BCUT2D eigenvalue weighted by Crippen LogP contribution is 2.37. The Kier molecular flexibility index (Phi) is 5.14. The smallest absolute Gasteiger partial charge is 0.151 e. The van der Waals surface area contributed by atoms with Crippen LogP contribution in [0.2, 0.25) is 0 Å². The Hall–Kier alpha value is -1.87. The van der Waals surface area contributed by atoms with E-state index in [4.69, 9.17) is 0 Å². The number of hydrogen-bond donors (Lipinski definition) is 0. The maximum Gasteiger partial charge on any atom is 0.151 e. The fraction of sp³-hybridized carbons (Fsp3) is 0.364. The predicted octanol–water partition coefficient (Wildman–Crippen LogP) is 4.82. The normalized spacial score (nSPS) is 20.3. The van der Waals surface area contributed by atoms with Crippen LogP contribution in [0.1, 0.15) is 40.2 Å². The quantitative estimate of drug-likeness (QED) is 0.584. The number of rotatable bonds is 4. The zero-order valence-electron chi connectivity index (χ0n) is 15.3. The topological polar surface area (TPSA) is 34.1 Å². The van der Waals surface area contributed by atoms with E-state index >= 15 is 0 Å². The van der Waals surface area contributed by atoms with Gasteiger partial charge in [0.1, 0.15) is 11.7 Å². The molecule has 0 heterocycles. The van der Waals surface area contributed by atoms with Crippen LogP contribution in [0.25, 0.3) is 0 Å². The molecule has 0 aliphatic heterocycles. The molecule has 0 radical (unpaired) electrons. The van der Waals surface area contributed by atoms with E-state index in [1.54, 1.807) is 11.8 Å². The predicted molar refractivity (Wildman–Crippen MR) is 103 cm³/mol. The molecular formula is C22H24O2S. The first-order valence-corrected chi connectivity index (χ1v) is 9.90. The molecular weight excluding hydrogens is 328 g/mol. The molecule has 1 saturated carbocycles. The van der Waals surface area contributed by atoms with Crippen molar-refractivity contribution in [2.24, 2.45) is 5.92 Å². The van der Waals surface area contributed by atoms with Gasteiger partial charge in [0.05, 0.1) is 0 Å². The molecule has 0 bridgehead atoms. The molecule has 2 nitrogen and oxygen atoms in total. The summed E-state index contributed by atoms with van der Waals surface area (Å²) in [7, 11) is 0. The number of thioether (sulfide) groups is 1. The van der Waals surface area contributed by atoms with Crippen LogP contribution in [0.3, 0.4) is 0 Å². The van der Waals surface area contributed by atoms with Crippen LogP contribution in [0, 0.1) is 26.7 Å². The molecule has 2 atom stereocenters. The third kappa shape index (κ3) is 3.57. The van der Waals surface area contributed by atoms with Crippen LogP contribution < -0.4 is 0 Å². The van der Waals surface area contributed by atoms with Crippen molar-refractivity contribution in [2.75, 3.05) is 6.26 Å². The first kappa shape index (κ1) is 17.9. The van der Waals surface area contributed by atoms with E-state index in [1.165, 1.54) is 10.5 Å². The Morgan fingerprint density at radius 3 is 2.16 bits per heavy atom. The minimum atomic E-state index is -0.573. The molecule has 0 amide bonds. The lowest BCUT2D eigenvalue weighted by molar-refractivity contribution is -0.124. The molecule has 2 aromatic rings. The minimum Gasteiger partial charge on any atom is -0.298 e. The number of aryl methyl sites for hydroxylation is 3. The van der Waals surface area contributed by atoms with Gasteiger partial charge in [0, 0.05) is 17.2 Å². The molecule has 0 spiro atoms. The largest absolute Gasteiger partial charge is 0.298 e. The van der Waals surface area contributed by atoms with Crippen molar-refractivity contribution in [3.8, 4) is 0 Å². The average Bonchev–Trinajstić information content (AvgIpc) is 2.82. The lowest BCUT2D eigenvalue weighted by atomic mass is 9.86. The third-order valence-corrected chi connectivity index (χ3v) is 5.87. The SMILES string of the molecule is CSc1ccc(CC2CC(=O)C(c3c(C)cc(C)cc3C)C2=O)cc1. The molecule has 0 N–H and O–H groups in total. The molecule has 2 unspecified atom stereocenters. The van der Waals surface area contributed by atoms with E-state index in [9.17, 15) is 9.59 Å². The van der Waals surface area contributed by atoms with Gasteiger partial charge in [0.2, 0.25) is 0 Å². The Bertz CT molecular complexity index is 797. The van der Waals surface area contributed by atoms with E-state index in [2.05, 4.69) is 36.4 Å². The molecule has 0 saturated heterocycles. The number of benzene rings is 2. The Morgan fingerprint density at radius 1 is 1.00 bits per heavy atom. The maximum absolute atomic E-state index is 13.0. The van der Waals surface area contributed by atoms with Crippen LogP contribution in [0.15, 0.2) is 41.3 Å². The fourth-order valence-electron chi connectivity index (χ4n) is 4.02. The summed E-state index contributed by atoms with van der Waals surface area (Å²) in [6.07, 6.45) is 3.06. The van der Waals surface area contributed by atoms with Crippen molar-refractivity contribution in [1.29, 1.82) is 0 Å². The lowest BCUT2D eigenvalue weighted by Gasteiger charge is -2.16. The number of carbonyl (C=O) groups is 2. The summed E-state index contributed by atoms with van der Waals surface area (Å²) >= 11 is 1.70. The summed E-state index contributed by atoms with van der Waals surface area (Å²) in [5, 5.41) is 0. The number of hydrogen-bond acceptors (Lipinski definition) is 3. The van der Waals surface area contributed by atoms with Crippen molar-refractivity contribution < 1.29 is 9.59 Å². The molecule has 3 heteroatoms. The van der Waals surface area contributed by atoms with Crippen molar-refractivity contribution in [1.82, 2.24) is 0 Å². The fourth-order valence-corrected chi connectivity index (χ4v) is 4.43. The average molecular weight is 352 g/mol.